The van der Waals surface area contributed by atoms with E-state index in [-0.39, 0.29) is 11.6 Å². The summed E-state index contributed by atoms with van der Waals surface area (Å²) in [7, 11) is 0. The molecule has 3 aliphatic heterocycles. The van der Waals surface area contributed by atoms with Gasteiger partial charge in [0, 0.05) is 26.1 Å². The summed E-state index contributed by atoms with van der Waals surface area (Å²) in [6.45, 7) is 0.0953. The van der Waals surface area contributed by atoms with Crippen molar-refractivity contribution < 1.29 is 29.3 Å². The van der Waals surface area contributed by atoms with E-state index in [2.05, 4.69) is 5.32 Å². The summed E-state index contributed by atoms with van der Waals surface area (Å²) in [5, 5.41) is 21.9. The number of nitrogens with zero attached hydrogens (tertiary/aromatic N) is 1. The van der Waals surface area contributed by atoms with Crippen molar-refractivity contribution in [2.45, 2.75) is 30.8 Å². The molecule has 0 radical (unpaired) electrons. The first-order chi connectivity index (χ1) is 14.0. The number of aliphatic hydroxyl groups is 1. The number of aliphatic carboxylic acids is 1. The van der Waals surface area contributed by atoms with Gasteiger partial charge in [-0.15, -0.1) is 0 Å². The van der Waals surface area contributed by atoms with Crippen LogP contribution in [0.4, 0.5) is 0 Å². The van der Waals surface area contributed by atoms with E-state index in [9.17, 15) is 19.5 Å². The van der Waals surface area contributed by atoms with Crippen molar-refractivity contribution in [1.82, 2.24) is 10.2 Å². The van der Waals surface area contributed by atoms with E-state index >= 15 is 0 Å². The third kappa shape index (κ3) is 3.09. The van der Waals surface area contributed by atoms with Crippen LogP contribution in [0.25, 0.3) is 0 Å². The summed E-state index contributed by atoms with van der Waals surface area (Å²) in [6.07, 6.45) is 3.19. The number of rotatable bonds is 4. The van der Waals surface area contributed by atoms with E-state index < -0.39 is 35.5 Å². The number of amides is 1. The van der Waals surface area contributed by atoms with Crippen molar-refractivity contribution in [3.63, 3.8) is 0 Å². The predicted molar refractivity (Wildman–Crippen MR) is 102 cm³/mol. The first kappa shape index (κ1) is 19.2. The van der Waals surface area contributed by atoms with Crippen molar-refractivity contribution in [2.75, 3.05) is 19.8 Å². The molecular weight excluding hydrogens is 376 g/mol. The summed E-state index contributed by atoms with van der Waals surface area (Å²) in [5.74, 6) is -2.98. The third-order valence-corrected chi connectivity index (χ3v) is 5.83. The zero-order chi connectivity index (χ0) is 20.6. The fourth-order valence-corrected chi connectivity index (χ4v) is 4.50. The molecule has 1 fully saturated rings. The second-order valence-electron chi connectivity index (χ2n) is 7.39. The van der Waals surface area contributed by atoms with Crippen LogP contribution in [0.5, 0.6) is 0 Å². The van der Waals surface area contributed by atoms with Crippen molar-refractivity contribution in [2.24, 2.45) is 0 Å². The molecule has 4 rings (SSSR count). The molecule has 1 unspecified atom stereocenters. The lowest BCUT2D eigenvalue weighted by Gasteiger charge is -2.51. The molecule has 0 bridgehead atoms. The van der Waals surface area contributed by atoms with Crippen LogP contribution < -0.4 is 5.32 Å². The Balaban J connectivity index is 1.79. The Bertz CT molecular complexity index is 914. The fraction of sp³-hybridized carbons (Fsp3) is 0.381. The second-order valence-corrected chi connectivity index (χ2v) is 7.39. The molecule has 0 aliphatic carbocycles. The Labute approximate surface area is 167 Å². The van der Waals surface area contributed by atoms with Crippen molar-refractivity contribution in [3.05, 3.63) is 59.0 Å². The standard InChI is InChI=1S/C21H22N2O6/c24-16(25)12-22-20(28)17-18(26)15-7-6-14(13-4-2-1-3-5-13)23(15)21(19(17)27)8-10-29-11-9-21/h1-5,7,14,26H,6,8-12H2,(H,22,28)(H,24,25). The number of hydrogen-bond donors (Lipinski definition) is 3. The highest BCUT2D eigenvalue weighted by molar-refractivity contribution is 6.24. The van der Waals surface area contributed by atoms with Gasteiger partial charge in [-0.25, -0.2) is 0 Å². The minimum atomic E-state index is -1.23. The van der Waals surface area contributed by atoms with Crippen LogP contribution in [-0.4, -0.2) is 58.1 Å². The molecule has 1 aromatic carbocycles. The molecule has 1 amide bonds. The number of carboxylic acid groups (broad SMARTS) is 1. The highest BCUT2D eigenvalue weighted by atomic mass is 16.5. The lowest BCUT2D eigenvalue weighted by atomic mass is 9.76. The Morgan fingerprint density at radius 1 is 1.21 bits per heavy atom. The number of hydrogen-bond acceptors (Lipinski definition) is 6. The highest BCUT2D eigenvalue weighted by Gasteiger charge is 2.56. The molecule has 29 heavy (non-hydrogen) atoms. The Morgan fingerprint density at radius 2 is 1.90 bits per heavy atom. The first-order valence-electron chi connectivity index (χ1n) is 9.56. The molecule has 1 saturated heterocycles. The average Bonchev–Trinajstić information content (AvgIpc) is 3.19. The van der Waals surface area contributed by atoms with Gasteiger partial charge in [0.1, 0.15) is 17.7 Å². The van der Waals surface area contributed by atoms with Crippen LogP contribution in [0, 0.1) is 0 Å². The summed E-state index contributed by atoms with van der Waals surface area (Å²) in [6, 6.07) is 9.59. The second kappa shape index (κ2) is 7.36. The Morgan fingerprint density at radius 3 is 2.55 bits per heavy atom. The van der Waals surface area contributed by atoms with Crippen molar-refractivity contribution in [3.8, 4) is 0 Å². The largest absolute Gasteiger partial charge is 0.505 e. The molecule has 1 spiro atoms. The average molecular weight is 398 g/mol. The van der Waals surface area contributed by atoms with Gasteiger partial charge in [-0.1, -0.05) is 36.4 Å². The maximum Gasteiger partial charge on any atom is 0.322 e. The number of fused-ring (bicyclic) bond motifs is 2. The number of benzene rings is 1. The van der Waals surface area contributed by atoms with Gasteiger partial charge in [0.15, 0.2) is 11.5 Å². The minimum Gasteiger partial charge on any atom is -0.505 e. The van der Waals surface area contributed by atoms with Crippen LogP contribution in [0.2, 0.25) is 0 Å². The number of carbonyl (C=O) groups excluding carboxylic acids is 2. The van der Waals surface area contributed by atoms with Gasteiger partial charge in [-0.3, -0.25) is 14.4 Å². The number of carbonyl (C=O) groups is 3. The van der Waals surface area contributed by atoms with Gasteiger partial charge in [0.25, 0.3) is 5.91 Å². The number of nitrogens with one attached hydrogen (secondary N) is 1. The van der Waals surface area contributed by atoms with Gasteiger partial charge in [0.2, 0.25) is 0 Å². The van der Waals surface area contributed by atoms with Crippen LogP contribution in [0.3, 0.4) is 0 Å². The molecule has 1 atom stereocenters. The van der Waals surface area contributed by atoms with Gasteiger partial charge < -0.3 is 25.2 Å². The molecular formula is C21H22N2O6. The summed E-state index contributed by atoms with van der Waals surface area (Å²) < 4.78 is 5.48. The Kier molecular flexibility index (Phi) is 4.87. The molecule has 152 valence electrons. The van der Waals surface area contributed by atoms with Crippen LogP contribution in [0.15, 0.2) is 53.4 Å². The normalized spacial score (nSPS) is 23.0. The van der Waals surface area contributed by atoms with Crippen LogP contribution in [0.1, 0.15) is 30.9 Å². The molecule has 0 aromatic heterocycles. The molecule has 8 heteroatoms. The molecule has 8 nitrogen and oxygen atoms in total. The van der Waals surface area contributed by atoms with Crippen LogP contribution >= 0.6 is 0 Å². The van der Waals surface area contributed by atoms with E-state index in [0.29, 0.717) is 38.2 Å². The third-order valence-electron chi connectivity index (χ3n) is 5.83. The number of ether oxygens (including phenoxy) is 1. The molecule has 1 aromatic rings. The SMILES string of the molecule is O=C(O)CNC(=O)C1=C(O)C2=CCC(c3ccccc3)N2C2(CCOCC2)C1=O. The van der Waals surface area contributed by atoms with E-state index in [1.165, 1.54) is 0 Å². The van der Waals surface area contributed by atoms with E-state index in [4.69, 9.17) is 9.84 Å². The monoisotopic (exact) mass is 398 g/mol. The zero-order valence-electron chi connectivity index (χ0n) is 15.8. The number of ketones is 1. The molecule has 0 saturated carbocycles. The van der Waals surface area contributed by atoms with Gasteiger partial charge in [0.05, 0.1) is 11.7 Å². The number of Topliss-reactive ketones (excluding diaryl/α,β-unsaturated/α-hetero) is 1. The summed E-state index contributed by atoms with van der Waals surface area (Å²) >= 11 is 0. The van der Waals surface area contributed by atoms with Crippen molar-refractivity contribution >= 4 is 17.7 Å². The van der Waals surface area contributed by atoms with Crippen LogP contribution in [-0.2, 0) is 19.1 Å². The maximum absolute atomic E-state index is 13.6. The van der Waals surface area contributed by atoms with E-state index in [1.54, 1.807) is 0 Å². The summed E-state index contributed by atoms with van der Waals surface area (Å²) in [4.78, 5) is 38.9. The highest BCUT2D eigenvalue weighted by Crippen LogP contribution is 2.50. The lowest BCUT2D eigenvalue weighted by molar-refractivity contribution is -0.140. The van der Waals surface area contributed by atoms with Gasteiger partial charge in [-0.05, 0) is 12.0 Å². The topological polar surface area (TPSA) is 116 Å². The van der Waals surface area contributed by atoms with Crippen molar-refractivity contribution in [1.29, 1.82) is 0 Å². The van der Waals surface area contributed by atoms with Gasteiger partial charge >= 0.3 is 5.97 Å². The zero-order valence-corrected chi connectivity index (χ0v) is 15.8. The fourth-order valence-electron chi connectivity index (χ4n) is 4.50. The van der Waals surface area contributed by atoms with Gasteiger partial charge in [-0.2, -0.15) is 0 Å². The molecule has 3 N–H and O–H groups in total. The Hall–Kier alpha value is -3.13. The van der Waals surface area contributed by atoms with E-state index in [0.717, 1.165) is 5.56 Å². The maximum atomic E-state index is 13.6. The minimum absolute atomic E-state index is 0.140. The number of carboxylic acids is 1. The smallest absolute Gasteiger partial charge is 0.322 e. The summed E-state index contributed by atoms with van der Waals surface area (Å²) in [5.41, 5.74) is 0.0811. The van der Waals surface area contributed by atoms with E-state index in [1.807, 2.05) is 41.3 Å². The molecule has 3 aliphatic rings. The first-order valence-corrected chi connectivity index (χ1v) is 9.56. The number of aliphatic hydroxyl groups excluding tert-OH is 1. The predicted octanol–water partition coefficient (Wildman–Crippen LogP) is 1.46. The quantitative estimate of drug-likeness (QED) is 0.658. The molecule has 3 heterocycles. The lowest BCUT2D eigenvalue weighted by Crippen LogP contribution is -2.61.